The summed E-state index contributed by atoms with van der Waals surface area (Å²) in [6, 6.07) is -12.8. The summed E-state index contributed by atoms with van der Waals surface area (Å²) in [6.07, 6.45) is -1.24. The van der Waals surface area contributed by atoms with Crippen LogP contribution < -0.4 is 16.0 Å². The smallest absolute Gasteiger partial charge is 0.329 e. The normalized spacial score (nSPS) is 28.3. The van der Waals surface area contributed by atoms with Crippen LogP contribution in [0.1, 0.15) is 141 Å². The van der Waals surface area contributed by atoms with Crippen LogP contribution in [0.5, 0.6) is 0 Å². The fourth-order valence-corrected chi connectivity index (χ4v) is 10.6. The zero-order valence-corrected chi connectivity index (χ0v) is 50.0. The quantitative estimate of drug-likeness (QED) is 0.165. The molecule has 2 fully saturated rings. The molecule has 2 heterocycles. The van der Waals surface area contributed by atoms with Gasteiger partial charge in [-0.15, -0.1) is 0 Å². The number of carboxylic acid groups (broad SMARTS) is 2. The maximum atomic E-state index is 15.0. The van der Waals surface area contributed by atoms with Crippen LogP contribution >= 0.6 is 0 Å². The third-order valence-electron chi connectivity index (χ3n) is 15.9. The molecule has 0 spiro atoms. The molecule has 9 amide bonds. The number of carbonyl (C=O) groups is 12. The van der Waals surface area contributed by atoms with E-state index in [2.05, 4.69) is 16.0 Å². The summed E-state index contributed by atoms with van der Waals surface area (Å²) in [7, 11) is 6.43. The number of fused-ring (bicyclic) bond motifs is 1. The molecule has 24 heteroatoms. The Hall–Kier alpha value is -6.36. The number of piperidine rings is 1. The number of cyclic esters (lactones) is 1. The fourth-order valence-electron chi connectivity index (χ4n) is 10.6. The van der Waals surface area contributed by atoms with Gasteiger partial charge in [0.2, 0.25) is 47.3 Å². The van der Waals surface area contributed by atoms with E-state index in [0.29, 0.717) is 19.3 Å². The molecular formula is C55H93N9O15. The van der Waals surface area contributed by atoms with Crippen molar-refractivity contribution < 1.29 is 72.5 Å². The van der Waals surface area contributed by atoms with Crippen molar-refractivity contribution in [3.8, 4) is 0 Å². The first-order valence-electron chi connectivity index (χ1n) is 27.8. The number of hydrogen-bond acceptors (Lipinski definition) is 13. The molecule has 448 valence electrons. The minimum absolute atomic E-state index is 0.0950. The number of likely N-dealkylation sites (N-methyl/N-ethyl adjacent to an activating group) is 5. The van der Waals surface area contributed by atoms with Crippen molar-refractivity contribution in [2.45, 2.75) is 202 Å². The Balaban J connectivity index is 3.01. The Morgan fingerprint density at radius 2 is 0.949 bits per heavy atom. The topological polar surface area (TPSA) is 310 Å². The van der Waals surface area contributed by atoms with Crippen molar-refractivity contribution in [2.24, 2.45) is 35.5 Å². The Labute approximate surface area is 466 Å². The van der Waals surface area contributed by atoms with Gasteiger partial charge in [0.25, 0.3) is 5.91 Å². The van der Waals surface area contributed by atoms with Crippen LogP contribution in [-0.4, -0.2) is 213 Å². The van der Waals surface area contributed by atoms with Gasteiger partial charge >= 0.3 is 17.9 Å². The molecule has 0 aliphatic carbocycles. The van der Waals surface area contributed by atoms with E-state index in [1.807, 2.05) is 0 Å². The van der Waals surface area contributed by atoms with Gasteiger partial charge in [-0.25, -0.2) is 4.79 Å². The van der Waals surface area contributed by atoms with Gasteiger partial charge in [0.15, 0.2) is 6.10 Å². The van der Waals surface area contributed by atoms with Gasteiger partial charge in [-0.1, -0.05) is 102 Å². The first-order chi connectivity index (χ1) is 36.6. The maximum absolute atomic E-state index is 15.0. The largest absolute Gasteiger partial charge is 0.481 e. The van der Waals surface area contributed by atoms with E-state index in [-0.39, 0.29) is 25.8 Å². The van der Waals surface area contributed by atoms with Crippen molar-refractivity contribution in [3.63, 3.8) is 0 Å². The Kier molecular flexibility index (Phi) is 26.4. The minimum Gasteiger partial charge on any atom is -0.481 e. The SMILES string of the molecule is CCC(C)C1NC(=O)C(C(C)C)N(C)C(=O)C(CC(=O)O)NC(=O)C(C(C)CC)N(C)C(=O)C(C(C)CC)N(C)C(=O)C(CC(=O)O)N(C)C(=O)C(C(C)C)NC(=O)C(C(C)C)N(C)C(=O)C2CCCCN2C(=O)C(C)OC1=O. The zero-order chi connectivity index (χ0) is 60.8. The van der Waals surface area contributed by atoms with Crippen LogP contribution in [-0.2, 0) is 62.3 Å². The molecule has 0 saturated carbocycles. The van der Waals surface area contributed by atoms with E-state index in [1.54, 1.807) is 83.1 Å². The highest BCUT2D eigenvalue weighted by atomic mass is 16.5. The predicted octanol–water partition coefficient (Wildman–Crippen LogP) is 1.96. The number of hydrogen-bond donors (Lipinski definition) is 5. The molecule has 0 aromatic rings. The van der Waals surface area contributed by atoms with Crippen LogP contribution in [0, 0.1) is 35.5 Å². The zero-order valence-electron chi connectivity index (χ0n) is 50.0. The van der Waals surface area contributed by atoms with E-state index in [9.17, 15) is 67.7 Å². The number of aliphatic carboxylic acids is 2. The number of nitrogens with one attached hydrogen (secondary N) is 3. The lowest BCUT2D eigenvalue weighted by atomic mass is 9.92. The Morgan fingerprint density at radius 3 is 1.42 bits per heavy atom. The molecular weight excluding hydrogens is 1030 g/mol. The third kappa shape index (κ3) is 17.1. The van der Waals surface area contributed by atoms with Crippen molar-refractivity contribution >= 4 is 71.1 Å². The highest BCUT2D eigenvalue weighted by Crippen LogP contribution is 2.27. The third-order valence-corrected chi connectivity index (χ3v) is 15.9. The Morgan fingerprint density at radius 1 is 0.506 bits per heavy atom. The lowest BCUT2D eigenvalue weighted by Gasteiger charge is -2.41. The van der Waals surface area contributed by atoms with Crippen LogP contribution in [0.3, 0.4) is 0 Å². The molecule has 2 aliphatic heterocycles. The first-order valence-corrected chi connectivity index (χ1v) is 27.8. The second-order valence-corrected chi connectivity index (χ2v) is 22.8. The predicted molar refractivity (Wildman–Crippen MR) is 291 cm³/mol. The molecule has 13 unspecified atom stereocenters. The van der Waals surface area contributed by atoms with Crippen LogP contribution in [0.25, 0.3) is 0 Å². The van der Waals surface area contributed by atoms with E-state index < -0.39 is 180 Å². The molecule has 5 N–H and O–H groups in total. The number of nitrogens with zero attached hydrogens (tertiary/aromatic N) is 6. The van der Waals surface area contributed by atoms with Crippen LogP contribution in [0.15, 0.2) is 0 Å². The van der Waals surface area contributed by atoms with E-state index in [4.69, 9.17) is 4.74 Å². The molecule has 0 radical (unpaired) electrons. The average Bonchev–Trinajstić information content (AvgIpc) is 3.39. The molecule has 0 aromatic carbocycles. The van der Waals surface area contributed by atoms with E-state index in [0.717, 1.165) is 19.6 Å². The summed E-state index contributed by atoms with van der Waals surface area (Å²) >= 11 is 0. The summed E-state index contributed by atoms with van der Waals surface area (Å²) in [6.45, 7) is 21.5. The lowest BCUT2D eigenvalue weighted by molar-refractivity contribution is -0.166. The van der Waals surface area contributed by atoms with Crippen molar-refractivity contribution in [2.75, 3.05) is 41.8 Å². The number of ether oxygens (including phenoxy) is 1. The summed E-state index contributed by atoms with van der Waals surface area (Å²) in [5, 5.41) is 28.3. The number of carboxylic acids is 2. The summed E-state index contributed by atoms with van der Waals surface area (Å²) in [4.78, 5) is 177. The number of carbonyl (C=O) groups excluding carboxylic acids is 10. The van der Waals surface area contributed by atoms with Gasteiger partial charge in [0, 0.05) is 41.8 Å². The van der Waals surface area contributed by atoms with Crippen molar-refractivity contribution in [3.05, 3.63) is 0 Å². The second kappa shape index (κ2) is 30.3. The van der Waals surface area contributed by atoms with Crippen molar-refractivity contribution in [1.82, 2.24) is 45.3 Å². The Bertz CT molecular complexity index is 2220. The van der Waals surface area contributed by atoms with Crippen LogP contribution in [0.2, 0.25) is 0 Å². The highest BCUT2D eigenvalue weighted by Gasteiger charge is 2.47. The molecule has 2 aliphatic rings. The lowest BCUT2D eigenvalue weighted by Crippen LogP contribution is -2.63. The fraction of sp³-hybridized carbons (Fsp3) is 0.782. The molecule has 24 nitrogen and oxygen atoms in total. The summed E-state index contributed by atoms with van der Waals surface area (Å²) in [5.74, 6) is -15.2. The second-order valence-electron chi connectivity index (χ2n) is 22.8. The van der Waals surface area contributed by atoms with E-state index in [1.165, 1.54) is 52.0 Å². The molecule has 2 rings (SSSR count). The number of amides is 9. The molecule has 79 heavy (non-hydrogen) atoms. The minimum atomic E-state index is -1.80. The standard InChI is InChI=1S/C55H93N9O15/c1-19-31(10)41-55(78)79-34(13)49(72)64-25-23-22-24-36(64)51(74)61(16)43(30(8)9)46(69)57-40(28(4)5)53(76)59(14)37(27-39(67)68)52(75)63(18)45(33(12)21-3)54(77)62(17)44(32(11)20-2)48(71)56-35(26-38(65)66)50(73)60(15)42(29(6)7)47(70)58-41/h28-37,40-45H,19-27H2,1-18H3,(H,56,71)(H,57,69)(H,58,70)(H,65,66)(H,67,68). The van der Waals surface area contributed by atoms with Gasteiger partial charge in [0.05, 0.1) is 12.8 Å². The van der Waals surface area contributed by atoms with Crippen molar-refractivity contribution in [1.29, 1.82) is 0 Å². The maximum Gasteiger partial charge on any atom is 0.329 e. The van der Waals surface area contributed by atoms with Gasteiger partial charge < -0.3 is 60.3 Å². The first kappa shape index (κ1) is 68.7. The summed E-state index contributed by atoms with van der Waals surface area (Å²) < 4.78 is 5.77. The van der Waals surface area contributed by atoms with Gasteiger partial charge in [-0.05, 0) is 61.7 Å². The van der Waals surface area contributed by atoms with Crippen LogP contribution in [0.4, 0.5) is 0 Å². The average molecular weight is 1120 g/mol. The van der Waals surface area contributed by atoms with Gasteiger partial charge in [0.1, 0.15) is 54.4 Å². The van der Waals surface area contributed by atoms with E-state index >= 15 is 0 Å². The molecule has 0 bridgehead atoms. The monoisotopic (exact) mass is 1120 g/mol. The van der Waals surface area contributed by atoms with Gasteiger partial charge in [-0.3, -0.25) is 52.7 Å². The molecule has 13 atom stereocenters. The molecule has 2 saturated heterocycles. The molecule has 0 aromatic heterocycles. The number of rotatable bonds is 13. The summed E-state index contributed by atoms with van der Waals surface area (Å²) in [5.41, 5.74) is 0. The highest BCUT2D eigenvalue weighted by molar-refractivity contribution is 6.00. The number of esters is 1. The van der Waals surface area contributed by atoms with Gasteiger partial charge in [-0.2, -0.15) is 0 Å².